The van der Waals surface area contributed by atoms with E-state index in [0.29, 0.717) is 0 Å². The van der Waals surface area contributed by atoms with Crippen molar-refractivity contribution in [2.45, 2.75) is 46.1 Å². The summed E-state index contributed by atoms with van der Waals surface area (Å²) in [6.07, 6.45) is 8.49. The highest BCUT2D eigenvalue weighted by atomic mass is 16.3. The number of rotatable bonds is 5. The molecule has 1 rings (SSSR count). The van der Waals surface area contributed by atoms with E-state index in [9.17, 15) is 0 Å². The first kappa shape index (κ1) is 9.30. The molecule has 0 bridgehead atoms. The first-order valence-corrected chi connectivity index (χ1v) is 4.84. The maximum absolute atomic E-state index is 5.37. The van der Waals surface area contributed by atoms with Gasteiger partial charge >= 0.3 is 5.89 Å². The van der Waals surface area contributed by atoms with Crippen LogP contribution in [0.3, 0.4) is 0 Å². The number of hydrogen-bond donors (Lipinski definition) is 0. The molecule has 0 saturated carbocycles. The molecule has 0 amide bonds. The van der Waals surface area contributed by atoms with Gasteiger partial charge in [-0.2, -0.15) is 4.57 Å². The number of unbranched alkanes of at least 4 members (excludes halogenated alkanes) is 1. The maximum atomic E-state index is 5.37. The fraction of sp³-hybridized carbons (Fsp3) is 0.700. The topological polar surface area (TPSA) is 17.0 Å². The van der Waals surface area contributed by atoms with E-state index < -0.39 is 0 Å². The molecule has 0 aromatic carbocycles. The van der Waals surface area contributed by atoms with E-state index in [1.807, 2.05) is 6.20 Å². The Labute approximate surface area is 74.2 Å². The third-order valence-electron chi connectivity index (χ3n) is 1.98. The molecule has 0 aliphatic rings. The van der Waals surface area contributed by atoms with E-state index in [0.717, 1.165) is 25.3 Å². The fourth-order valence-electron chi connectivity index (χ4n) is 1.28. The van der Waals surface area contributed by atoms with Crippen molar-refractivity contribution in [1.29, 1.82) is 0 Å². The van der Waals surface area contributed by atoms with E-state index in [4.69, 9.17) is 4.42 Å². The summed E-state index contributed by atoms with van der Waals surface area (Å²) in [6.45, 7) is 5.48. The summed E-state index contributed by atoms with van der Waals surface area (Å²) in [7, 11) is 0. The first-order chi connectivity index (χ1) is 5.88. The molecule has 68 valence electrons. The Morgan fingerprint density at radius 1 is 1.33 bits per heavy atom. The normalized spacial score (nSPS) is 10.5. The molecule has 0 radical (unpaired) electrons. The zero-order valence-electron chi connectivity index (χ0n) is 8.05. The second-order valence-electron chi connectivity index (χ2n) is 3.09. The molecule has 1 heterocycles. The lowest BCUT2D eigenvalue weighted by atomic mass is 10.3. The third-order valence-corrected chi connectivity index (χ3v) is 1.98. The smallest absolute Gasteiger partial charge is 0.346 e. The van der Waals surface area contributed by atoms with Crippen LogP contribution in [0, 0.1) is 0 Å². The summed E-state index contributed by atoms with van der Waals surface area (Å²) in [5.74, 6) is 1.12. The summed E-state index contributed by atoms with van der Waals surface area (Å²) in [5, 5.41) is 0. The van der Waals surface area contributed by atoms with Gasteiger partial charge in [0.2, 0.25) is 6.20 Å². The summed E-state index contributed by atoms with van der Waals surface area (Å²) >= 11 is 0. The third kappa shape index (κ3) is 2.36. The van der Waals surface area contributed by atoms with Gasteiger partial charge in [0.1, 0.15) is 0 Å². The predicted octanol–water partition coefficient (Wildman–Crippen LogP) is 2.32. The standard InChI is InChI=1S/C10H18NO/c1-3-5-7-11-8-9-12-10(11)6-4-2/h8-9H,3-7H2,1-2H3/q+1. The highest BCUT2D eigenvalue weighted by Crippen LogP contribution is 1.98. The molecule has 2 nitrogen and oxygen atoms in total. The number of oxazole rings is 1. The number of nitrogens with zero attached hydrogens (tertiary/aromatic N) is 1. The van der Waals surface area contributed by atoms with Crippen LogP contribution in [0.4, 0.5) is 0 Å². The Morgan fingerprint density at radius 3 is 2.83 bits per heavy atom. The van der Waals surface area contributed by atoms with Crippen molar-refractivity contribution >= 4 is 0 Å². The zero-order chi connectivity index (χ0) is 8.81. The molecular weight excluding hydrogens is 150 g/mol. The molecule has 0 atom stereocenters. The Hall–Kier alpha value is -0.790. The summed E-state index contributed by atoms with van der Waals surface area (Å²) in [5.41, 5.74) is 0. The Morgan fingerprint density at radius 2 is 2.17 bits per heavy atom. The van der Waals surface area contributed by atoms with E-state index >= 15 is 0 Å². The summed E-state index contributed by atoms with van der Waals surface area (Å²) < 4.78 is 7.58. The van der Waals surface area contributed by atoms with Gasteiger partial charge in [0.15, 0.2) is 12.8 Å². The molecule has 0 aliphatic heterocycles. The molecule has 0 fully saturated rings. The van der Waals surface area contributed by atoms with Crippen LogP contribution in [0.25, 0.3) is 0 Å². The van der Waals surface area contributed by atoms with Crippen LogP contribution in [0.5, 0.6) is 0 Å². The van der Waals surface area contributed by atoms with Crippen molar-refractivity contribution in [2.75, 3.05) is 0 Å². The van der Waals surface area contributed by atoms with Crippen LogP contribution in [0.2, 0.25) is 0 Å². The zero-order valence-corrected chi connectivity index (χ0v) is 8.05. The largest absolute Gasteiger partial charge is 0.410 e. The Bertz CT molecular complexity index is 217. The molecule has 0 N–H and O–H groups in total. The van der Waals surface area contributed by atoms with Gasteiger partial charge in [0.25, 0.3) is 0 Å². The highest BCUT2D eigenvalue weighted by Gasteiger charge is 2.11. The van der Waals surface area contributed by atoms with Crippen molar-refractivity contribution in [1.82, 2.24) is 0 Å². The van der Waals surface area contributed by atoms with Gasteiger partial charge in [-0.3, -0.25) is 0 Å². The lowest BCUT2D eigenvalue weighted by Gasteiger charge is -1.93. The monoisotopic (exact) mass is 168 g/mol. The van der Waals surface area contributed by atoms with E-state index in [1.54, 1.807) is 6.26 Å². The number of aromatic nitrogens is 1. The molecule has 0 saturated heterocycles. The van der Waals surface area contributed by atoms with Crippen molar-refractivity contribution in [2.24, 2.45) is 0 Å². The van der Waals surface area contributed by atoms with Gasteiger partial charge in [-0.25, -0.2) is 0 Å². The van der Waals surface area contributed by atoms with Crippen LogP contribution < -0.4 is 4.57 Å². The molecule has 0 spiro atoms. The second kappa shape index (κ2) is 4.96. The van der Waals surface area contributed by atoms with Crippen molar-refractivity contribution in [3.05, 3.63) is 18.4 Å². The first-order valence-electron chi connectivity index (χ1n) is 4.84. The predicted molar refractivity (Wildman–Crippen MR) is 47.8 cm³/mol. The summed E-state index contributed by atoms with van der Waals surface area (Å²) in [6, 6.07) is 0. The van der Waals surface area contributed by atoms with Crippen LogP contribution in [0.1, 0.15) is 39.0 Å². The Kier molecular flexibility index (Phi) is 3.85. The van der Waals surface area contributed by atoms with Crippen molar-refractivity contribution in [3.63, 3.8) is 0 Å². The van der Waals surface area contributed by atoms with E-state index in [2.05, 4.69) is 18.4 Å². The lowest BCUT2D eigenvalue weighted by Crippen LogP contribution is -2.35. The van der Waals surface area contributed by atoms with Gasteiger partial charge < -0.3 is 4.42 Å². The van der Waals surface area contributed by atoms with Gasteiger partial charge in [0.05, 0.1) is 6.42 Å². The second-order valence-corrected chi connectivity index (χ2v) is 3.09. The van der Waals surface area contributed by atoms with Crippen molar-refractivity contribution in [3.8, 4) is 0 Å². The molecule has 0 unspecified atom stereocenters. The van der Waals surface area contributed by atoms with Gasteiger partial charge in [-0.15, -0.1) is 0 Å². The summed E-state index contributed by atoms with van der Waals surface area (Å²) in [4.78, 5) is 0. The van der Waals surface area contributed by atoms with E-state index in [-0.39, 0.29) is 0 Å². The highest BCUT2D eigenvalue weighted by molar-refractivity contribution is 4.68. The quantitative estimate of drug-likeness (QED) is 0.617. The number of aryl methyl sites for hydroxylation is 2. The van der Waals surface area contributed by atoms with Gasteiger partial charge in [-0.05, 0) is 6.42 Å². The molecule has 0 aliphatic carbocycles. The van der Waals surface area contributed by atoms with Gasteiger partial charge in [0, 0.05) is 6.42 Å². The van der Waals surface area contributed by atoms with E-state index in [1.165, 1.54) is 12.8 Å². The lowest BCUT2D eigenvalue weighted by molar-refractivity contribution is -0.707. The fourth-order valence-corrected chi connectivity index (χ4v) is 1.28. The average Bonchev–Trinajstić information content (AvgIpc) is 2.50. The minimum atomic E-state index is 1.05. The maximum Gasteiger partial charge on any atom is 0.346 e. The van der Waals surface area contributed by atoms with Gasteiger partial charge in [-0.1, -0.05) is 20.3 Å². The van der Waals surface area contributed by atoms with Crippen LogP contribution in [-0.2, 0) is 13.0 Å². The minimum Gasteiger partial charge on any atom is -0.410 e. The number of hydrogen-bond acceptors (Lipinski definition) is 1. The van der Waals surface area contributed by atoms with Crippen molar-refractivity contribution < 1.29 is 8.98 Å². The molecular formula is C10H18NO+. The Balaban J connectivity index is 2.51. The average molecular weight is 168 g/mol. The SMILES string of the molecule is CCCC[n+]1ccoc1CCC. The molecule has 1 aromatic heterocycles. The van der Waals surface area contributed by atoms with Crippen LogP contribution in [-0.4, -0.2) is 0 Å². The van der Waals surface area contributed by atoms with Crippen LogP contribution in [0.15, 0.2) is 16.9 Å². The molecule has 1 aromatic rings. The molecule has 12 heavy (non-hydrogen) atoms. The minimum absolute atomic E-state index is 1.05. The molecule has 2 heteroatoms. The van der Waals surface area contributed by atoms with Crippen LogP contribution >= 0.6 is 0 Å².